The van der Waals surface area contributed by atoms with E-state index in [0.29, 0.717) is 23.7 Å². The fraction of sp³-hybridized carbons (Fsp3) is 0.391. The van der Waals surface area contributed by atoms with Crippen molar-refractivity contribution >= 4 is 17.5 Å². The molecule has 0 spiro atoms. The molecule has 2 aromatic carbocycles. The molecule has 1 unspecified atom stereocenters. The number of hydrogen-bond acceptors (Lipinski definition) is 2. The quantitative estimate of drug-likeness (QED) is 0.817. The Morgan fingerprint density at radius 1 is 0.963 bits per heavy atom. The summed E-state index contributed by atoms with van der Waals surface area (Å²) in [6, 6.07) is 15.6. The van der Waals surface area contributed by atoms with Gasteiger partial charge in [-0.15, -0.1) is 0 Å². The van der Waals surface area contributed by atoms with E-state index in [9.17, 15) is 9.59 Å². The Morgan fingerprint density at radius 3 is 2.56 bits per heavy atom. The molecule has 4 rings (SSSR count). The highest BCUT2D eigenvalue weighted by atomic mass is 16.2. The summed E-state index contributed by atoms with van der Waals surface area (Å²) in [7, 11) is 0. The molecular formula is C23H26N2O2. The third-order valence-corrected chi connectivity index (χ3v) is 5.85. The maximum Gasteiger partial charge on any atom is 0.258 e. The number of piperidine rings is 1. The summed E-state index contributed by atoms with van der Waals surface area (Å²) in [5.74, 6) is 0.0262. The first kappa shape index (κ1) is 17.8. The number of rotatable bonds is 3. The second kappa shape index (κ2) is 7.55. The number of anilines is 1. The number of benzene rings is 2. The summed E-state index contributed by atoms with van der Waals surface area (Å²) >= 11 is 0. The monoisotopic (exact) mass is 362 g/mol. The first-order valence-corrected chi connectivity index (χ1v) is 10.00. The highest BCUT2D eigenvalue weighted by molar-refractivity contribution is 6.08. The van der Waals surface area contributed by atoms with Crippen LogP contribution in [-0.2, 0) is 6.42 Å². The summed E-state index contributed by atoms with van der Waals surface area (Å²) in [5, 5.41) is 0. The van der Waals surface area contributed by atoms with Crippen molar-refractivity contribution in [2.45, 2.75) is 45.1 Å². The van der Waals surface area contributed by atoms with E-state index in [1.54, 1.807) is 6.07 Å². The highest BCUT2D eigenvalue weighted by Crippen LogP contribution is 2.29. The minimum Gasteiger partial charge on any atom is -0.336 e. The topological polar surface area (TPSA) is 40.6 Å². The number of nitrogens with zero attached hydrogens (tertiary/aromatic N) is 2. The normalized spacial score (nSPS) is 19.1. The predicted octanol–water partition coefficient (Wildman–Crippen LogP) is 4.29. The van der Waals surface area contributed by atoms with Gasteiger partial charge in [0.15, 0.2) is 0 Å². The molecule has 0 bridgehead atoms. The molecule has 4 heteroatoms. The lowest BCUT2D eigenvalue weighted by Gasteiger charge is -2.35. The fourth-order valence-electron chi connectivity index (χ4n) is 4.35. The van der Waals surface area contributed by atoms with Crippen molar-refractivity contribution in [2.24, 2.45) is 0 Å². The summed E-state index contributed by atoms with van der Waals surface area (Å²) in [4.78, 5) is 30.0. The van der Waals surface area contributed by atoms with Gasteiger partial charge in [-0.25, -0.2) is 0 Å². The second-order valence-corrected chi connectivity index (χ2v) is 7.47. The van der Waals surface area contributed by atoms with Gasteiger partial charge in [0.25, 0.3) is 11.8 Å². The first-order chi connectivity index (χ1) is 13.2. The zero-order valence-electron chi connectivity index (χ0n) is 15.9. The number of hydrogen-bond donors (Lipinski definition) is 0. The summed E-state index contributed by atoms with van der Waals surface area (Å²) in [5.41, 5.74) is 3.40. The molecule has 1 saturated heterocycles. The van der Waals surface area contributed by atoms with Crippen molar-refractivity contribution < 1.29 is 9.59 Å². The number of carbonyl (C=O) groups is 2. The third-order valence-electron chi connectivity index (χ3n) is 5.85. The minimum atomic E-state index is -0.0275. The van der Waals surface area contributed by atoms with Crippen LogP contribution in [0.1, 0.15) is 58.9 Å². The van der Waals surface area contributed by atoms with E-state index in [1.807, 2.05) is 46.2 Å². The summed E-state index contributed by atoms with van der Waals surface area (Å²) in [6.07, 6.45) is 5.19. The largest absolute Gasteiger partial charge is 0.336 e. The van der Waals surface area contributed by atoms with E-state index in [2.05, 4.69) is 13.0 Å². The van der Waals surface area contributed by atoms with Gasteiger partial charge < -0.3 is 9.80 Å². The molecule has 4 nitrogen and oxygen atoms in total. The van der Waals surface area contributed by atoms with Crippen molar-refractivity contribution in [2.75, 3.05) is 18.0 Å². The second-order valence-electron chi connectivity index (χ2n) is 7.47. The molecule has 140 valence electrons. The highest BCUT2D eigenvalue weighted by Gasteiger charge is 2.28. The average Bonchev–Trinajstić information content (AvgIpc) is 3.17. The van der Waals surface area contributed by atoms with E-state index < -0.39 is 0 Å². The number of fused-ring (bicyclic) bond motifs is 1. The summed E-state index contributed by atoms with van der Waals surface area (Å²) < 4.78 is 0. The van der Waals surface area contributed by atoms with Gasteiger partial charge in [-0.2, -0.15) is 0 Å². The summed E-state index contributed by atoms with van der Waals surface area (Å²) in [6.45, 7) is 3.65. The molecule has 0 N–H and O–H groups in total. The van der Waals surface area contributed by atoms with Crippen LogP contribution in [0.4, 0.5) is 5.69 Å². The number of amides is 2. The van der Waals surface area contributed by atoms with Gasteiger partial charge in [-0.1, -0.05) is 31.2 Å². The van der Waals surface area contributed by atoms with Crippen LogP contribution in [0, 0.1) is 0 Å². The Balaban J connectivity index is 1.58. The first-order valence-electron chi connectivity index (χ1n) is 10.00. The maximum absolute atomic E-state index is 13.1. The van der Waals surface area contributed by atoms with Crippen molar-refractivity contribution in [1.29, 1.82) is 0 Å². The number of carbonyl (C=O) groups excluding carboxylic acids is 2. The van der Waals surface area contributed by atoms with Crippen molar-refractivity contribution in [3.63, 3.8) is 0 Å². The fourth-order valence-corrected chi connectivity index (χ4v) is 4.35. The predicted molar refractivity (Wildman–Crippen MR) is 107 cm³/mol. The molecule has 1 atom stereocenters. The van der Waals surface area contributed by atoms with Crippen LogP contribution in [0.25, 0.3) is 0 Å². The van der Waals surface area contributed by atoms with Crippen molar-refractivity contribution in [3.05, 3.63) is 65.2 Å². The third kappa shape index (κ3) is 3.36. The molecule has 2 aliphatic rings. The van der Waals surface area contributed by atoms with Gasteiger partial charge in [0, 0.05) is 35.9 Å². The molecule has 0 aromatic heterocycles. The Kier molecular flexibility index (Phi) is 4.97. The molecule has 0 saturated carbocycles. The molecule has 27 heavy (non-hydrogen) atoms. The van der Waals surface area contributed by atoms with Crippen molar-refractivity contribution in [3.8, 4) is 0 Å². The van der Waals surface area contributed by atoms with E-state index in [1.165, 1.54) is 12.0 Å². The van der Waals surface area contributed by atoms with Crippen LogP contribution in [-0.4, -0.2) is 35.8 Å². The van der Waals surface area contributed by atoms with Crippen LogP contribution >= 0.6 is 0 Å². The lowest BCUT2D eigenvalue weighted by molar-refractivity contribution is 0.0608. The Labute approximate surface area is 160 Å². The van der Waals surface area contributed by atoms with Gasteiger partial charge in [-0.05, 0) is 61.9 Å². The van der Waals surface area contributed by atoms with Crippen LogP contribution in [0.3, 0.4) is 0 Å². The van der Waals surface area contributed by atoms with Crippen LogP contribution in [0.15, 0.2) is 48.5 Å². The van der Waals surface area contributed by atoms with Gasteiger partial charge in [0.1, 0.15) is 0 Å². The van der Waals surface area contributed by atoms with Gasteiger partial charge in [0.05, 0.1) is 0 Å². The molecule has 1 fully saturated rings. The van der Waals surface area contributed by atoms with E-state index >= 15 is 0 Å². The molecule has 0 aliphatic carbocycles. The standard InChI is InChI=1S/C23H26N2O2/c1-2-20-11-5-6-14-24(20)22(26)18-9-7-10-19(16-18)23(27)25-15-13-17-8-3-4-12-21(17)25/h3-4,7-10,12,16,20H,2,5-6,11,13-15H2,1H3. The maximum atomic E-state index is 13.1. The van der Waals surface area contributed by atoms with Gasteiger partial charge in [0.2, 0.25) is 0 Å². The lowest BCUT2D eigenvalue weighted by atomic mass is 9.98. The number of likely N-dealkylation sites (tertiary alicyclic amines) is 1. The van der Waals surface area contributed by atoms with Crippen LogP contribution < -0.4 is 4.90 Å². The number of para-hydroxylation sites is 1. The van der Waals surface area contributed by atoms with Gasteiger partial charge >= 0.3 is 0 Å². The molecule has 2 heterocycles. The zero-order chi connectivity index (χ0) is 18.8. The van der Waals surface area contributed by atoms with Crippen molar-refractivity contribution in [1.82, 2.24) is 4.90 Å². The molecular weight excluding hydrogens is 336 g/mol. The van der Waals surface area contributed by atoms with E-state index in [0.717, 1.165) is 37.9 Å². The molecule has 0 radical (unpaired) electrons. The molecule has 2 aliphatic heterocycles. The zero-order valence-corrected chi connectivity index (χ0v) is 15.9. The molecule has 2 aromatic rings. The Hall–Kier alpha value is -2.62. The smallest absolute Gasteiger partial charge is 0.258 e. The van der Waals surface area contributed by atoms with Crippen LogP contribution in [0.5, 0.6) is 0 Å². The molecule has 2 amide bonds. The van der Waals surface area contributed by atoms with E-state index in [4.69, 9.17) is 0 Å². The Bertz CT molecular complexity index is 861. The average molecular weight is 362 g/mol. The van der Waals surface area contributed by atoms with Gasteiger partial charge in [-0.3, -0.25) is 9.59 Å². The Morgan fingerprint density at radius 2 is 1.74 bits per heavy atom. The lowest BCUT2D eigenvalue weighted by Crippen LogP contribution is -2.43. The minimum absolute atomic E-state index is 0.0275. The van der Waals surface area contributed by atoms with Crippen LogP contribution in [0.2, 0.25) is 0 Å². The SMILES string of the molecule is CCC1CCCCN1C(=O)c1cccc(C(=O)N2CCc3ccccc32)c1. The van der Waals surface area contributed by atoms with E-state index in [-0.39, 0.29) is 11.8 Å².